The minimum Gasteiger partial charge on any atom is -0.465 e. The van der Waals surface area contributed by atoms with E-state index in [2.05, 4.69) is 14.6 Å². The van der Waals surface area contributed by atoms with E-state index < -0.39 is 11.9 Å². The van der Waals surface area contributed by atoms with Crippen LogP contribution in [0.15, 0.2) is 12.3 Å². The molecule has 2 heterocycles. The van der Waals surface area contributed by atoms with Gasteiger partial charge in [0.2, 0.25) is 5.95 Å². The van der Waals surface area contributed by atoms with Crippen LogP contribution >= 0.6 is 0 Å². The summed E-state index contributed by atoms with van der Waals surface area (Å²) < 4.78 is 17.8. The number of esters is 1. The number of methoxy groups -OCH3 is 1. The highest BCUT2D eigenvalue weighted by Gasteiger charge is 2.18. The zero-order chi connectivity index (χ0) is 11.5. The molecule has 0 unspecified atom stereocenters. The molecule has 0 aliphatic carbocycles. The number of anilines is 1. The summed E-state index contributed by atoms with van der Waals surface area (Å²) in [6.07, 6.45) is 3.68. The number of carbonyl (C=O) groups excluding carboxylic acids is 1. The topological polar surface area (TPSA) is 42.4 Å². The van der Waals surface area contributed by atoms with Crippen molar-refractivity contribution < 1.29 is 13.9 Å². The van der Waals surface area contributed by atoms with Gasteiger partial charge in [0.1, 0.15) is 5.56 Å². The Morgan fingerprint density at radius 3 is 2.81 bits per heavy atom. The molecule has 1 aliphatic heterocycles. The molecule has 0 amide bonds. The summed E-state index contributed by atoms with van der Waals surface area (Å²) in [7, 11) is 1.23. The van der Waals surface area contributed by atoms with Crippen LogP contribution in [0.1, 0.15) is 23.2 Å². The van der Waals surface area contributed by atoms with Crippen LogP contribution < -0.4 is 4.90 Å². The summed E-state index contributed by atoms with van der Waals surface area (Å²) in [5, 5.41) is 0. The maximum Gasteiger partial charge on any atom is 0.342 e. The number of hydrogen-bond acceptors (Lipinski definition) is 4. The minimum absolute atomic E-state index is 0.105. The Morgan fingerprint density at radius 2 is 2.19 bits per heavy atom. The van der Waals surface area contributed by atoms with Crippen molar-refractivity contribution in [3.8, 4) is 0 Å². The van der Waals surface area contributed by atoms with Crippen LogP contribution in [0.25, 0.3) is 0 Å². The molecule has 1 aromatic rings. The number of carbonyl (C=O) groups is 1. The van der Waals surface area contributed by atoms with Crippen LogP contribution in [0.5, 0.6) is 0 Å². The number of nitrogens with zero attached hydrogens (tertiary/aromatic N) is 2. The molecular weight excluding hydrogens is 211 g/mol. The lowest BCUT2D eigenvalue weighted by atomic mass is 10.2. The van der Waals surface area contributed by atoms with Gasteiger partial charge in [-0.1, -0.05) is 0 Å². The van der Waals surface area contributed by atoms with Crippen LogP contribution in [0, 0.1) is 5.95 Å². The number of aromatic nitrogens is 1. The third-order valence-electron chi connectivity index (χ3n) is 2.70. The molecular formula is C11H13FN2O2. The first kappa shape index (κ1) is 10.9. The number of rotatable bonds is 2. The first-order chi connectivity index (χ1) is 7.72. The molecule has 1 saturated heterocycles. The predicted molar refractivity (Wildman–Crippen MR) is 57.0 cm³/mol. The van der Waals surface area contributed by atoms with Crippen molar-refractivity contribution in [1.82, 2.24) is 4.98 Å². The lowest BCUT2D eigenvalue weighted by Gasteiger charge is -2.17. The third kappa shape index (κ3) is 1.98. The summed E-state index contributed by atoms with van der Waals surface area (Å²) in [6.45, 7) is 1.85. The van der Waals surface area contributed by atoms with E-state index in [1.54, 1.807) is 0 Å². The molecule has 1 aliphatic rings. The average Bonchev–Trinajstić information content (AvgIpc) is 2.82. The van der Waals surface area contributed by atoms with E-state index in [4.69, 9.17) is 0 Å². The van der Waals surface area contributed by atoms with Crippen molar-refractivity contribution in [2.75, 3.05) is 25.1 Å². The Kier molecular flexibility index (Phi) is 3.03. The zero-order valence-electron chi connectivity index (χ0n) is 9.07. The normalized spacial score (nSPS) is 15.2. The second-order valence-corrected chi connectivity index (χ2v) is 3.72. The summed E-state index contributed by atoms with van der Waals surface area (Å²) in [6, 6.07) is 1.50. The summed E-state index contributed by atoms with van der Waals surface area (Å²) >= 11 is 0. The largest absolute Gasteiger partial charge is 0.465 e. The monoisotopic (exact) mass is 224 g/mol. The molecule has 0 atom stereocenters. The molecule has 0 bridgehead atoms. The maximum absolute atomic E-state index is 13.3. The fourth-order valence-electron chi connectivity index (χ4n) is 1.84. The van der Waals surface area contributed by atoms with Gasteiger partial charge in [0, 0.05) is 13.1 Å². The number of ether oxygens (including phenoxy) is 1. The fraction of sp³-hybridized carbons (Fsp3) is 0.455. The Balaban J connectivity index is 2.30. The highest BCUT2D eigenvalue weighted by atomic mass is 19.1. The molecule has 0 radical (unpaired) electrons. The summed E-state index contributed by atoms with van der Waals surface area (Å²) in [5.74, 6) is -1.47. The molecule has 1 fully saturated rings. The Hall–Kier alpha value is -1.65. The quantitative estimate of drug-likeness (QED) is 0.565. The molecule has 16 heavy (non-hydrogen) atoms. The van der Waals surface area contributed by atoms with Crippen molar-refractivity contribution >= 4 is 11.7 Å². The molecule has 2 rings (SSSR count). The molecule has 0 saturated carbocycles. The minimum atomic E-state index is -0.783. The second kappa shape index (κ2) is 4.47. The molecule has 0 N–H and O–H groups in total. The van der Waals surface area contributed by atoms with E-state index in [9.17, 15) is 9.18 Å². The predicted octanol–water partition coefficient (Wildman–Crippen LogP) is 1.61. The van der Waals surface area contributed by atoms with Gasteiger partial charge in [-0.15, -0.1) is 0 Å². The zero-order valence-corrected chi connectivity index (χ0v) is 9.07. The molecule has 0 spiro atoms. The third-order valence-corrected chi connectivity index (χ3v) is 2.70. The highest BCUT2D eigenvalue weighted by Crippen LogP contribution is 2.21. The van der Waals surface area contributed by atoms with Crippen molar-refractivity contribution in [1.29, 1.82) is 0 Å². The second-order valence-electron chi connectivity index (χ2n) is 3.72. The molecule has 0 aromatic carbocycles. The van der Waals surface area contributed by atoms with Gasteiger partial charge in [0.15, 0.2) is 0 Å². The lowest BCUT2D eigenvalue weighted by Crippen LogP contribution is -2.19. The van der Waals surface area contributed by atoms with Crippen LogP contribution in [0.4, 0.5) is 10.1 Å². The average molecular weight is 224 g/mol. The van der Waals surface area contributed by atoms with Crippen molar-refractivity contribution in [3.63, 3.8) is 0 Å². The van der Waals surface area contributed by atoms with Crippen LogP contribution in [0.3, 0.4) is 0 Å². The van der Waals surface area contributed by atoms with Gasteiger partial charge in [-0.25, -0.2) is 9.78 Å². The van der Waals surface area contributed by atoms with Gasteiger partial charge in [0.25, 0.3) is 0 Å². The molecule has 1 aromatic heterocycles. The van der Waals surface area contributed by atoms with Crippen molar-refractivity contribution in [2.45, 2.75) is 12.8 Å². The van der Waals surface area contributed by atoms with E-state index >= 15 is 0 Å². The Bertz CT molecular complexity index is 403. The molecule has 86 valence electrons. The summed E-state index contributed by atoms with van der Waals surface area (Å²) in [5.41, 5.74) is 0.672. The number of hydrogen-bond donors (Lipinski definition) is 0. The van der Waals surface area contributed by atoms with E-state index in [-0.39, 0.29) is 5.56 Å². The Labute approximate surface area is 93.0 Å². The Morgan fingerprint density at radius 1 is 1.50 bits per heavy atom. The van der Waals surface area contributed by atoms with E-state index in [0.29, 0.717) is 0 Å². The van der Waals surface area contributed by atoms with Gasteiger partial charge in [-0.2, -0.15) is 4.39 Å². The van der Waals surface area contributed by atoms with E-state index in [0.717, 1.165) is 31.6 Å². The van der Waals surface area contributed by atoms with Crippen LogP contribution in [-0.2, 0) is 4.74 Å². The van der Waals surface area contributed by atoms with Crippen LogP contribution in [-0.4, -0.2) is 31.2 Å². The summed E-state index contributed by atoms with van der Waals surface area (Å²) in [4.78, 5) is 16.9. The van der Waals surface area contributed by atoms with Gasteiger partial charge < -0.3 is 9.64 Å². The highest BCUT2D eigenvalue weighted by molar-refractivity contribution is 5.90. The van der Waals surface area contributed by atoms with Crippen molar-refractivity contribution in [3.05, 3.63) is 23.8 Å². The number of pyridine rings is 1. The number of halogens is 1. The lowest BCUT2D eigenvalue weighted by molar-refractivity contribution is 0.0594. The standard InChI is InChI=1S/C11H13FN2O2/c1-16-11(15)9-6-8(7-13-10(9)12)14-4-2-3-5-14/h6-7H,2-5H2,1H3. The SMILES string of the molecule is COC(=O)c1cc(N2CCCC2)cnc1F. The first-order valence-electron chi connectivity index (χ1n) is 5.21. The van der Waals surface area contributed by atoms with Crippen molar-refractivity contribution in [2.24, 2.45) is 0 Å². The van der Waals surface area contributed by atoms with Gasteiger partial charge >= 0.3 is 5.97 Å². The molecule has 4 nitrogen and oxygen atoms in total. The van der Waals surface area contributed by atoms with Crippen LogP contribution in [0.2, 0.25) is 0 Å². The first-order valence-corrected chi connectivity index (χ1v) is 5.21. The maximum atomic E-state index is 13.3. The van der Waals surface area contributed by atoms with Gasteiger partial charge in [-0.05, 0) is 18.9 Å². The van der Waals surface area contributed by atoms with Gasteiger partial charge in [0.05, 0.1) is 19.0 Å². The van der Waals surface area contributed by atoms with E-state index in [1.807, 2.05) is 0 Å². The molecule has 5 heteroatoms. The van der Waals surface area contributed by atoms with E-state index in [1.165, 1.54) is 19.4 Å². The fourth-order valence-corrected chi connectivity index (χ4v) is 1.84. The smallest absolute Gasteiger partial charge is 0.342 e. The van der Waals surface area contributed by atoms with Gasteiger partial charge in [-0.3, -0.25) is 0 Å².